The number of halogens is 2. The van der Waals surface area contributed by atoms with Crippen molar-refractivity contribution in [1.82, 2.24) is 0 Å². The lowest BCUT2D eigenvalue weighted by Crippen LogP contribution is -2.18. The maximum Gasteiger partial charge on any atom is 0.113 e. The molecule has 0 aliphatic rings. The van der Waals surface area contributed by atoms with Gasteiger partial charge in [-0.1, -0.05) is 36.2 Å². The maximum atomic E-state index is 13.4. The maximum absolute atomic E-state index is 13.4. The number of ether oxygens (including phenoxy) is 1. The number of alkyl halides is 2. The molecule has 1 nitrogen and oxygen atoms in total. The van der Waals surface area contributed by atoms with Crippen molar-refractivity contribution in [2.75, 3.05) is 7.11 Å². The van der Waals surface area contributed by atoms with E-state index in [-0.39, 0.29) is 10.9 Å². The molecule has 0 aliphatic heterocycles. The minimum Gasteiger partial charge on any atom is -0.381 e. The van der Waals surface area contributed by atoms with Crippen molar-refractivity contribution in [2.24, 2.45) is 0 Å². The van der Waals surface area contributed by atoms with Gasteiger partial charge < -0.3 is 4.74 Å². The van der Waals surface area contributed by atoms with E-state index < -0.39 is 6.17 Å². The Morgan fingerprint density at radius 1 is 1.21 bits per heavy atom. The Morgan fingerprint density at radius 2 is 1.86 bits per heavy atom. The Labute approximate surface area is 95.5 Å². The van der Waals surface area contributed by atoms with Crippen molar-refractivity contribution < 1.29 is 9.13 Å². The molecule has 0 aromatic carbocycles. The van der Waals surface area contributed by atoms with Crippen molar-refractivity contribution >= 4 is 15.9 Å². The fourth-order valence-corrected chi connectivity index (χ4v) is 1.75. The molecule has 0 aliphatic carbocycles. The van der Waals surface area contributed by atoms with Crippen LogP contribution in [-0.4, -0.2) is 24.2 Å². The zero-order valence-corrected chi connectivity index (χ0v) is 11.0. The molecule has 0 bridgehead atoms. The summed E-state index contributed by atoms with van der Waals surface area (Å²) in [7, 11) is 1.71. The normalized spacial score (nSPS) is 17.8. The van der Waals surface area contributed by atoms with Crippen molar-refractivity contribution in [3.8, 4) is 0 Å². The van der Waals surface area contributed by atoms with Gasteiger partial charge in [0, 0.05) is 11.9 Å². The molecule has 3 atom stereocenters. The first kappa shape index (κ1) is 14.4. The molecule has 0 heterocycles. The molecule has 0 saturated carbocycles. The molecular weight excluding hydrogens is 247 g/mol. The molecule has 0 amide bonds. The Hall–Kier alpha value is 0.370. The van der Waals surface area contributed by atoms with E-state index in [1.807, 2.05) is 6.92 Å². The average Bonchev–Trinajstić information content (AvgIpc) is 2.22. The van der Waals surface area contributed by atoms with Gasteiger partial charge in [0.1, 0.15) is 6.17 Å². The Kier molecular flexibility index (Phi) is 8.89. The van der Waals surface area contributed by atoms with Crippen LogP contribution in [0.25, 0.3) is 0 Å². The van der Waals surface area contributed by atoms with Gasteiger partial charge in [0.25, 0.3) is 0 Å². The zero-order valence-electron chi connectivity index (χ0n) is 9.43. The van der Waals surface area contributed by atoms with Gasteiger partial charge in [-0.2, -0.15) is 0 Å². The summed E-state index contributed by atoms with van der Waals surface area (Å²) in [5, 5.41) is 0. The van der Waals surface area contributed by atoms with Gasteiger partial charge in [-0.25, -0.2) is 4.39 Å². The number of hydrogen-bond acceptors (Lipinski definition) is 1. The second-order valence-electron chi connectivity index (χ2n) is 3.66. The molecular formula is C11H22BrFO. The van der Waals surface area contributed by atoms with Crippen LogP contribution in [0.4, 0.5) is 4.39 Å². The van der Waals surface area contributed by atoms with Crippen molar-refractivity contribution in [1.29, 1.82) is 0 Å². The van der Waals surface area contributed by atoms with E-state index in [1.54, 1.807) is 7.11 Å². The highest BCUT2D eigenvalue weighted by Gasteiger charge is 2.17. The second kappa shape index (κ2) is 8.66. The largest absolute Gasteiger partial charge is 0.381 e. The van der Waals surface area contributed by atoms with Crippen LogP contribution in [0, 0.1) is 0 Å². The van der Waals surface area contributed by atoms with E-state index in [2.05, 4.69) is 22.9 Å². The molecule has 3 heteroatoms. The highest BCUT2D eigenvalue weighted by atomic mass is 79.9. The zero-order chi connectivity index (χ0) is 11.0. The van der Waals surface area contributed by atoms with E-state index in [1.165, 1.54) is 0 Å². The summed E-state index contributed by atoms with van der Waals surface area (Å²) in [6, 6.07) is 0. The van der Waals surface area contributed by atoms with Crippen LogP contribution in [0.3, 0.4) is 0 Å². The van der Waals surface area contributed by atoms with Gasteiger partial charge in [-0.3, -0.25) is 0 Å². The van der Waals surface area contributed by atoms with Gasteiger partial charge in [-0.15, -0.1) is 0 Å². The first-order chi connectivity index (χ1) is 6.65. The summed E-state index contributed by atoms with van der Waals surface area (Å²) in [6.07, 6.45) is 3.88. The molecule has 0 spiro atoms. The van der Waals surface area contributed by atoms with Crippen LogP contribution in [-0.2, 0) is 4.74 Å². The summed E-state index contributed by atoms with van der Waals surface area (Å²) in [6.45, 7) is 4.12. The Balaban J connectivity index is 3.67. The molecule has 0 radical (unpaired) electrons. The van der Waals surface area contributed by atoms with E-state index in [9.17, 15) is 4.39 Å². The standard InChI is InChI=1S/C11H22BrFO/c1-4-6-9(14-3)7-8-11(13)10(12)5-2/h9-11H,4-8H2,1-3H3/t9?,10?,11-/m1/s1. The second-order valence-corrected chi connectivity index (χ2v) is 4.84. The minimum atomic E-state index is -0.741. The summed E-state index contributed by atoms with van der Waals surface area (Å²) in [4.78, 5) is 0.00151. The lowest BCUT2D eigenvalue weighted by atomic mass is 10.0. The lowest BCUT2D eigenvalue weighted by Gasteiger charge is -2.17. The monoisotopic (exact) mass is 268 g/mol. The van der Waals surface area contributed by atoms with Crippen LogP contribution in [0.15, 0.2) is 0 Å². The van der Waals surface area contributed by atoms with E-state index >= 15 is 0 Å². The molecule has 86 valence electrons. The predicted molar refractivity (Wildman–Crippen MR) is 62.8 cm³/mol. The molecule has 0 fully saturated rings. The third-order valence-corrected chi connectivity index (χ3v) is 3.71. The fourth-order valence-electron chi connectivity index (χ4n) is 1.48. The number of methoxy groups -OCH3 is 1. The highest BCUT2D eigenvalue weighted by Crippen LogP contribution is 2.20. The smallest absolute Gasteiger partial charge is 0.113 e. The van der Waals surface area contributed by atoms with Gasteiger partial charge in [-0.05, 0) is 25.7 Å². The van der Waals surface area contributed by atoms with Crippen LogP contribution >= 0.6 is 15.9 Å². The topological polar surface area (TPSA) is 9.23 Å². The average molecular weight is 269 g/mol. The van der Waals surface area contributed by atoms with Gasteiger partial charge >= 0.3 is 0 Å². The summed E-state index contributed by atoms with van der Waals surface area (Å²) in [5.41, 5.74) is 0. The molecule has 0 aromatic rings. The molecule has 0 saturated heterocycles. The molecule has 14 heavy (non-hydrogen) atoms. The van der Waals surface area contributed by atoms with Crippen LogP contribution in [0.2, 0.25) is 0 Å². The SMILES string of the molecule is CCCC(CC[C@@H](F)C(Br)CC)OC. The molecule has 0 rings (SSSR count). The Morgan fingerprint density at radius 3 is 2.29 bits per heavy atom. The highest BCUT2D eigenvalue weighted by molar-refractivity contribution is 9.09. The van der Waals surface area contributed by atoms with Crippen LogP contribution in [0.5, 0.6) is 0 Å². The quantitative estimate of drug-likeness (QED) is 0.603. The predicted octanol–water partition coefficient (Wildman–Crippen LogP) is 4.09. The van der Waals surface area contributed by atoms with Crippen molar-refractivity contribution in [2.45, 2.75) is 63.1 Å². The molecule has 0 N–H and O–H groups in total. The molecule has 0 aromatic heterocycles. The first-order valence-corrected chi connectivity index (χ1v) is 6.38. The summed E-state index contributed by atoms with van der Waals surface area (Å²) >= 11 is 3.34. The summed E-state index contributed by atoms with van der Waals surface area (Å²) in [5.74, 6) is 0. The van der Waals surface area contributed by atoms with Crippen molar-refractivity contribution in [3.05, 3.63) is 0 Å². The van der Waals surface area contributed by atoms with Gasteiger partial charge in [0.15, 0.2) is 0 Å². The van der Waals surface area contributed by atoms with E-state index in [4.69, 9.17) is 4.74 Å². The lowest BCUT2D eigenvalue weighted by molar-refractivity contribution is 0.0783. The number of hydrogen-bond donors (Lipinski definition) is 0. The van der Waals surface area contributed by atoms with Gasteiger partial charge in [0.05, 0.1) is 6.10 Å². The van der Waals surface area contributed by atoms with E-state index in [0.29, 0.717) is 6.42 Å². The van der Waals surface area contributed by atoms with Crippen molar-refractivity contribution in [3.63, 3.8) is 0 Å². The van der Waals surface area contributed by atoms with E-state index in [0.717, 1.165) is 25.7 Å². The molecule has 2 unspecified atom stereocenters. The van der Waals surface area contributed by atoms with Crippen LogP contribution in [0.1, 0.15) is 46.0 Å². The third-order valence-electron chi connectivity index (χ3n) is 2.49. The first-order valence-electron chi connectivity index (χ1n) is 5.46. The number of rotatable bonds is 8. The Bertz CT molecular complexity index is 130. The van der Waals surface area contributed by atoms with Crippen LogP contribution < -0.4 is 0 Å². The fraction of sp³-hybridized carbons (Fsp3) is 1.00. The summed E-state index contributed by atoms with van der Waals surface area (Å²) < 4.78 is 18.7. The van der Waals surface area contributed by atoms with Gasteiger partial charge in [0.2, 0.25) is 0 Å². The minimum absolute atomic E-state index is 0.00151. The third kappa shape index (κ3) is 5.97.